The van der Waals surface area contributed by atoms with E-state index in [4.69, 9.17) is 14.2 Å². The van der Waals surface area contributed by atoms with Crippen LogP contribution in [0.1, 0.15) is 45.2 Å². The number of rotatable bonds is 14. The van der Waals surface area contributed by atoms with E-state index in [0.717, 1.165) is 48.2 Å². The van der Waals surface area contributed by atoms with Crippen molar-refractivity contribution in [3.8, 4) is 11.5 Å². The summed E-state index contributed by atoms with van der Waals surface area (Å²) in [4.78, 5) is 34.6. The Morgan fingerprint density at radius 2 is 1.76 bits per heavy atom. The van der Waals surface area contributed by atoms with Gasteiger partial charge in [0.05, 0.1) is 38.8 Å². The van der Waals surface area contributed by atoms with Gasteiger partial charge in [-0.05, 0) is 43.3 Å². The first-order valence-electron chi connectivity index (χ1n) is 12.8. The fraction of sp³-hybridized carbons (Fsp3) is 0.429. The number of hydrogen-bond donors (Lipinski definition) is 2. The van der Waals surface area contributed by atoms with Crippen molar-refractivity contribution in [1.29, 1.82) is 0 Å². The van der Waals surface area contributed by atoms with Gasteiger partial charge in [0.15, 0.2) is 11.5 Å². The summed E-state index contributed by atoms with van der Waals surface area (Å²) in [5, 5.41) is 6.92. The molecule has 3 rings (SSSR count). The minimum absolute atomic E-state index is 0.0406. The lowest BCUT2D eigenvalue weighted by molar-refractivity contribution is -0.141. The van der Waals surface area contributed by atoms with Crippen molar-refractivity contribution in [3.05, 3.63) is 48.3 Å². The summed E-state index contributed by atoms with van der Waals surface area (Å²) in [5.41, 5.74) is 2.29. The Hall–Kier alpha value is -3.92. The summed E-state index contributed by atoms with van der Waals surface area (Å²) in [5.74, 6) is 1.24. The largest absolute Gasteiger partial charge is 0.493 e. The van der Waals surface area contributed by atoms with Crippen molar-refractivity contribution in [2.24, 2.45) is 0 Å². The zero-order chi connectivity index (χ0) is 27.5. The maximum Gasteiger partial charge on any atom is 0.307 e. The van der Waals surface area contributed by atoms with E-state index in [9.17, 15) is 9.59 Å². The van der Waals surface area contributed by atoms with Crippen molar-refractivity contribution in [3.63, 3.8) is 0 Å². The van der Waals surface area contributed by atoms with Gasteiger partial charge in [0.2, 0.25) is 5.91 Å². The minimum Gasteiger partial charge on any atom is -0.493 e. The van der Waals surface area contributed by atoms with E-state index in [0.29, 0.717) is 23.9 Å². The molecular weight excluding hydrogens is 486 g/mol. The SMILES string of the molecule is CCN(CC)CCCOc1cc2c(Nc3ccc(C(CC(=O)OC)NC(C)=O)cc3)ncnc2cc1OC. The molecule has 0 fully saturated rings. The first-order valence-corrected chi connectivity index (χ1v) is 12.8. The van der Waals surface area contributed by atoms with Gasteiger partial charge in [0, 0.05) is 30.6 Å². The van der Waals surface area contributed by atoms with Gasteiger partial charge in [-0.1, -0.05) is 26.0 Å². The van der Waals surface area contributed by atoms with Crippen molar-refractivity contribution < 1.29 is 23.8 Å². The Labute approximate surface area is 223 Å². The molecule has 204 valence electrons. The van der Waals surface area contributed by atoms with Crippen LogP contribution in [0.25, 0.3) is 10.9 Å². The number of nitrogens with one attached hydrogen (secondary N) is 2. The van der Waals surface area contributed by atoms with Crippen LogP contribution in [-0.2, 0) is 14.3 Å². The van der Waals surface area contributed by atoms with Crippen LogP contribution in [0.2, 0.25) is 0 Å². The van der Waals surface area contributed by atoms with E-state index in [1.54, 1.807) is 7.11 Å². The maximum absolute atomic E-state index is 11.8. The van der Waals surface area contributed by atoms with E-state index < -0.39 is 12.0 Å². The van der Waals surface area contributed by atoms with Crippen LogP contribution < -0.4 is 20.1 Å². The summed E-state index contributed by atoms with van der Waals surface area (Å²) >= 11 is 0. The molecular formula is C28H37N5O5. The van der Waals surface area contributed by atoms with Crippen LogP contribution in [0.3, 0.4) is 0 Å². The molecule has 1 unspecified atom stereocenters. The monoisotopic (exact) mass is 523 g/mol. The first-order chi connectivity index (χ1) is 18.4. The molecule has 10 heteroatoms. The predicted octanol–water partition coefficient (Wildman–Crippen LogP) is 4.23. The third-order valence-electron chi connectivity index (χ3n) is 6.24. The van der Waals surface area contributed by atoms with E-state index >= 15 is 0 Å². The number of ether oxygens (including phenoxy) is 3. The van der Waals surface area contributed by atoms with Crippen molar-refractivity contribution >= 4 is 34.3 Å². The van der Waals surface area contributed by atoms with Gasteiger partial charge in [0.25, 0.3) is 0 Å². The highest BCUT2D eigenvalue weighted by atomic mass is 16.5. The molecule has 0 bridgehead atoms. The minimum atomic E-state index is -0.484. The molecule has 3 aromatic rings. The van der Waals surface area contributed by atoms with Gasteiger partial charge in [-0.15, -0.1) is 0 Å². The standard InChI is InChI=1S/C28H37N5O5/c1-6-33(7-2)13-8-14-38-26-15-22-24(16-25(26)36-4)29-18-30-28(22)32-21-11-9-20(10-12-21)23(31-19(3)34)17-27(35)37-5/h9-12,15-16,18,23H,6-8,13-14,17H2,1-5H3,(H,31,34)(H,29,30,32). The Balaban J connectivity index is 1.79. The molecule has 1 aromatic heterocycles. The van der Waals surface area contributed by atoms with Gasteiger partial charge < -0.3 is 29.7 Å². The van der Waals surface area contributed by atoms with Crippen molar-refractivity contribution in [2.75, 3.05) is 45.8 Å². The van der Waals surface area contributed by atoms with E-state index in [1.165, 1.54) is 20.4 Å². The number of methoxy groups -OCH3 is 2. The molecule has 2 N–H and O–H groups in total. The number of nitrogens with zero attached hydrogens (tertiary/aromatic N) is 3. The number of hydrogen-bond acceptors (Lipinski definition) is 9. The number of aromatic nitrogens is 2. The number of benzene rings is 2. The molecule has 2 aromatic carbocycles. The second-order valence-electron chi connectivity index (χ2n) is 8.75. The van der Waals surface area contributed by atoms with Gasteiger partial charge >= 0.3 is 5.97 Å². The van der Waals surface area contributed by atoms with Crippen molar-refractivity contribution in [1.82, 2.24) is 20.2 Å². The molecule has 0 aliphatic carbocycles. The van der Waals surface area contributed by atoms with E-state index in [2.05, 4.69) is 39.3 Å². The first kappa shape index (κ1) is 28.6. The number of esters is 1. The number of carbonyl (C=O) groups is 2. The zero-order valence-electron chi connectivity index (χ0n) is 22.7. The smallest absolute Gasteiger partial charge is 0.307 e. The normalized spacial score (nSPS) is 11.7. The Morgan fingerprint density at radius 3 is 2.39 bits per heavy atom. The second-order valence-corrected chi connectivity index (χ2v) is 8.75. The highest BCUT2D eigenvalue weighted by molar-refractivity contribution is 5.93. The molecule has 1 atom stereocenters. The summed E-state index contributed by atoms with van der Waals surface area (Å²) in [6, 6.07) is 10.7. The molecule has 0 aliphatic rings. The molecule has 0 radical (unpaired) electrons. The fourth-order valence-electron chi connectivity index (χ4n) is 4.13. The molecule has 1 amide bonds. The van der Waals surface area contributed by atoms with Crippen LogP contribution in [0.5, 0.6) is 11.5 Å². The lowest BCUT2D eigenvalue weighted by Crippen LogP contribution is -2.28. The summed E-state index contributed by atoms with van der Waals surface area (Å²) in [6.07, 6.45) is 2.44. The van der Waals surface area contributed by atoms with Crippen LogP contribution in [-0.4, -0.2) is 67.2 Å². The molecule has 10 nitrogen and oxygen atoms in total. The lowest BCUT2D eigenvalue weighted by Gasteiger charge is -2.18. The molecule has 0 spiro atoms. The summed E-state index contributed by atoms with van der Waals surface area (Å²) in [6.45, 7) is 9.29. The average molecular weight is 524 g/mol. The third-order valence-corrected chi connectivity index (χ3v) is 6.24. The number of anilines is 2. The number of amides is 1. The van der Waals surface area contributed by atoms with E-state index in [1.807, 2.05) is 36.4 Å². The lowest BCUT2D eigenvalue weighted by atomic mass is 10.0. The topological polar surface area (TPSA) is 115 Å². The Morgan fingerprint density at radius 1 is 1.03 bits per heavy atom. The third kappa shape index (κ3) is 7.79. The van der Waals surface area contributed by atoms with Crippen LogP contribution in [0.4, 0.5) is 11.5 Å². The van der Waals surface area contributed by atoms with Crippen LogP contribution >= 0.6 is 0 Å². The van der Waals surface area contributed by atoms with Gasteiger partial charge in [-0.3, -0.25) is 9.59 Å². The number of carbonyl (C=O) groups excluding carboxylic acids is 2. The molecule has 38 heavy (non-hydrogen) atoms. The maximum atomic E-state index is 11.8. The Bertz CT molecular complexity index is 1210. The highest BCUT2D eigenvalue weighted by Gasteiger charge is 2.18. The molecule has 1 heterocycles. The van der Waals surface area contributed by atoms with Crippen LogP contribution in [0, 0.1) is 0 Å². The molecule has 0 aliphatic heterocycles. The summed E-state index contributed by atoms with van der Waals surface area (Å²) in [7, 11) is 2.94. The van der Waals surface area contributed by atoms with Gasteiger partial charge in [-0.2, -0.15) is 0 Å². The fourth-order valence-corrected chi connectivity index (χ4v) is 4.13. The quantitative estimate of drug-likeness (QED) is 0.237. The summed E-state index contributed by atoms with van der Waals surface area (Å²) < 4.78 is 16.4. The van der Waals surface area contributed by atoms with Gasteiger partial charge in [0.1, 0.15) is 12.1 Å². The molecule has 0 saturated carbocycles. The zero-order valence-corrected chi connectivity index (χ0v) is 22.7. The Kier molecular flexibility index (Phi) is 10.7. The highest BCUT2D eigenvalue weighted by Crippen LogP contribution is 2.35. The average Bonchev–Trinajstić information content (AvgIpc) is 2.92. The molecule has 0 saturated heterocycles. The van der Waals surface area contributed by atoms with Gasteiger partial charge in [-0.25, -0.2) is 9.97 Å². The second kappa shape index (κ2) is 14.1. The predicted molar refractivity (Wildman–Crippen MR) is 147 cm³/mol. The number of fused-ring (bicyclic) bond motifs is 1. The van der Waals surface area contributed by atoms with Crippen molar-refractivity contribution in [2.45, 2.75) is 39.7 Å². The van der Waals surface area contributed by atoms with E-state index in [-0.39, 0.29) is 12.3 Å². The van der Waals surface area contributed by atoms with Crippen LogP contribution in [0.15, 0.2) is 42.7 Å².